The van der Waals surface area contributed by atoms with Gasteiger partial charge in [-0.3, -0.25) is 0 Å². The van der Waals surface area contributed by atoms with E-state index >= 15 is 0 Å². The number of aromatic amines is 1. The zero-order chi connectivity index (χ0) is 23.9. The number of hydrogen-bond acceptors (Lipinski definition) is 5. The fourth-order valence-electron chi connectivity index (χ4n) is 3.28. The van der Waals surface area contributed by atoms with Gasteiger partial charge in [0, 0.05) is 6.42 Å². The molecule has 1 heterocycles. The lowest BCUT2D eigenvalue weighted by Gasteiger charge is -2.17. The number of nitrogens with zero attached hydrogens (tertiary/aromatic N) is 1. The molecule has 1 aromatic heterocycles. The summed E-state index contributed by atoms with van der Waals surface area (Å²) in [5.74, 6) is -0.157. The van der Waals surface area contributed by atoms with E-state index in [1.165, 1.54) is 0 Å². The van der Waals surface area contributed by atoms with Crippen molar-refractivity contribution in [3.05, 3.63) is 99.8 Å². The molecule has 3 aromatic carbocycles. The van der Waals surface area contributed by atoms with Gasteiger partial charge in [-0.05, 0) is 23.3 Å². The van der Waals surface area contributed by atoms with Gasteiger partial charge < -0.3 is 19.8 Å². The number of carbonyl (C=O) groups is 2. The van der Waals surface area contributed by atoms with Crippen molar-refractivity contribution < 1.29 is 19.1 Å². The maximum absolute atomic E-state index is 12.9. The molecule has 0 aliphatic rings. The van der Waals surface area contributed by atoms with E-state index in [0.29, 0.717) is 26.9 Å². The SMILES string of the molecule is O=C(N[C@H](Cc1nc2cc(Cl)c(Cl)cc2[nH]1)C(=O)OCc1ccccc1)OCc1ccccc1. The van der Waals surface area contributed by atoms with Gasteiger partial charge in [-0.1, -0.05) is 83.9 Å². The summed E-state index contributed by atoms with van der Waals surface area (Å²) in [4.78, 5) is 32.9. The lowest BCUT2D eigenvalue weighted by atomic mass is 10.2. The van der Waals surface area contributed by atoms with Crippen LogP contribution < -0.4 is 5.32 Å². The van der Waals surface area contributed by atoms with Crippen LogP contribution in [-0.4, -0.2) is 28.1 Å². The van der Waals surface area contributed by atoms with E-state index in [4.69, 9.17) is 32.7 Å². The van der Waals surface area contributed by atoms with Gasteiger partial charge in [0.1, 0.15) is 25.1 Å². The highest BCUT2D eigenvalue weighted by Crippen LogP contribution is 2.26. The van der Waals surface area contributed by atoms with Crippen LogP contribution in [0.1, 0.15) is 17.0 Å². The molecule has 7 nitrogen and oxygen atoms in total. The molecule has 4 rings (SSSR count). The molecule has 9 heteroatoms. The van der Waals surface area contributed by atoms with Crippen molar-refractivity contribution in [1.82, 2.24) is 15.3 Å². The van der Waals surface area contributed by atoms with Gasteiger partial charge in [-0.25, -0.2) is 14.6 Å². The van der Waals surface area contributed by atoms with Crippen molar-refractivity contribution in [2.45, 2.75) is 25.7 Å². The number of ether oxygens (including phenoxy) is 2. The van der Waals surface area contributed by atoms with Crippen LogP contribution in [0.25, 0.3) is 11.0 Å². The number of H-pyrrole nitrogens is 1. The van der Waals surface area contributed by atoms with E-state index in [1.54, 1.807) is 12.1 Å². The number of amides is 1. The average Bonchev–Trinajstić information content (AvgIpc) is 3.23. The van der Waals surface area contributed by atoms with Crippen LogP contribution in [0.5, 0.6) is 0 Å². The molecule has 0 saturated heterocycles. The molecule has 2 N–H and O–H groups in total. The maximum Gasteiger partial charge on any atom is 0.408 e. The Bertz CT molecular complexity index is 1240. The largest absolute Gasteiger partial charge is 0.459 e. The molecule has 0 aliphatic heterocycles. The molecule has 0 unspecified atom stereocenters. The van der Waals surface area contributed by atoms with Gasteiger partial charge in [0.05, 0.1) is 21.1 Å². The summed E-state index contributed by atoms with van der Waals surface area (Å²) in [5.41, 5.74) is 2.90. The lowest BCUT2D eigenvalue weighted by molar-refractivity contribution is -0.147. The number of benzene rings is 3. The minimum absolute atomic E-state index is 0.0535. The number of imidazole rings is 1. The highest BCUT2D eigenvalue weighted by atomic mass is 35.5. The van der Waals surface area contributed by atoms with Crippen LogP contribution in [0.4, 0.5) is 4.79 Å². The molecule has 174 valence electrons. The Labute approximate surface area is 206 Å². The molecule has 1 amide bonds. The van der Waals surface area contributed by atoms with Crippen molar-refractivity contribution in [3.8, 4) is 0 Å². The third kappa shape index (κ3) is 6.27. The molecule has 0 saturated carbocycles. The quantitative estimate of drug-likeness (QED) is 0.315. The second kappa shape index (κ2) is 11.0. The topological polar surface area (TPSA) is 93.3 Å². The van der Waals surface area contributed by atoms with Crippen molar-refractivity contribution in [2.75, 3.05) is 0 Å². The second-order valence-electron chi connectivity index (χ2n) is 7.52. The third-order valence-electron chi connectivity index (χ3n) is 4.98. The van der Waals surface area contributed by atoms with Crippen molar-refractivity contribution in [2.24, 2.45) is 0 Å². The number of carbonyl (C=O) groups excluding carboxylic acids is 2. The number of esters is 1. The Morgan fingerprint density at radius 2 is 1.47 bits per heavy atom. The average molecular weight is 498 g/mol. The van der Waals surface area contributed by atoms with Crippen LogP contribution >= 0.6 is 23.2 Å². The number of nitrogens with one attached hydrogen (secondary N) is 2. The van der Waals surface area contributed by atoms with Crippen LogP contribution in [0, 0.1) is 0 Å². The fraction of sp³-hybridized carbons (Fsp3) is 0.160. The van der Waals surface area contributed by atoms with Gasteiger partial charge in [0.2, 0.25) is 0 Å². The van der Waals surface area contributed by atoms with Crippen LogP contribution in [-0.2, 0) is 33.9 Å². The summed E-state index contributed by atoms with van der Waals surface area (Å²) in [5, 5.41) is 3.34. The first kappa shape index (κ1) is 23.6. The molecule has 0 spiro atoms. The number of halogens is 2. The predicted octanol–water partition coefficient (Wildman–Crippen LogP) is 5.45. The first-order chi connectivity index (χ1) is 16.5. The first-order valence-corrected chi connectivity index (χ1v) is 11.2. The number of fused-ring (bicyclic) bond motifs is 1. The first-order valence-electron chi connectivity index (χ1n) is 10.5. The molecule has 0 fully saturated rings. The molecule has 1 atom stereocenters. The Kier molecular flexibility index (Phi) is 7.67. The number of hydrogen-bond donors (Lipinski definition) is 2. The number of rotatable bonds is 8. The highest BCUT2D eigenvalue weighted by molar-refractivity contribution is 6.42. The van der Waals surface area contributed by atoms with Gasteiger partial charge in [-0.2, -0.15) is 0 Å². The van der Waals surface area contributed by atoms with Crippen molar-refractivity contribution >= 4 is 46.3 Å². The van der Waals surface area contributed by atoms with Gasteiger partial charge in [0.25, 0.3) is 0 Å². The summed E-state index contributed by atoms with van der Waals surface area (Å²) in [7, 11) is 0. The van der Waals surface area contributed by atoms with E-state index < -0.39 is 18.1 Å². The molecule has 0 aliphatic carbocycles. The molecule has 34 heavy (non-hydrogen) atoms. The Hall–Kier alpha value is -3.55. The normalized spacial score (nSPS) is 11.7. The second-order valence-corrected chi connectivity index (χ2v) is 8.34. The minimum Gasteiger partial charge on any atom is -0.459 e. The van der Waals surface area contributed by atoms with E-state index in [9.17, 15) is 9.59 Å². The van der Waals surface area contributed by atoms with E-state index in [0.717, 1.165) is 11.1 Å². The summed E-state index contributed by atoms with van der Waals surface area (Å²) in [6, 6.07) is 20.8. The van der Waals surface area contributed by atoms with Gasteiger partial charge in [-0.15, -0.1) is 0 Å². The van der Waals surface area contributed by atoms with Crippen LogP contribution in [0.2, 0.25) is 10.0 Å². The molecular weight excluding hydrogens is 477 g/mol. The summed E-state index contributed by atoms with van der Waals surface area (Å²) < 4.78 is 10.7. The minimum atomic E-state index is -1.03. The van der Waals surface area contributed by atoms with E-state index in [2.05, 4.69) is 15.3 Å². The molecule has 0 bridgehead atoms. The predicted molar refractivity (Wildman–Crippen MR) is 130 cm³/mol. The Morgan fingerprint density at radius 1 is 0.882 bits per heavy atom. The number of alkyl carbamates (subject to hydrolysis) is 1. The van der Waals surface area contributed by atoms with Gasteiger partial charge in [0.15, 0.2) is 0 Å². The van der Waals surface area contributed by atoms with E-state index in [1.807, 2.05) is 60.7 Å². The molecule has 0 radical (unpaired) electrons. The summed E-state index contributed by atoms with van der Waals surface area (Å²) in [6.45, 7) is 0.141. The smallest absolute Gasteiger partial charge is 0.408 e. The molecular formula is C25H21Cl2N3O4. The zero-order valence-electron chi connectivity index (χ0n) is 18.0. The van der Waals surface area contributed by atoms with Crippen LogP contribution in [0.3, 0.4) is 0 Å². The standard InChI is InChI=1S/C25H21Cl2N3O4/c26-18-11-20-21(12-19(18)27)29-23(28-20)13-22(24(31)33-14-16-7-3-1-4-8-16)30-25(32)34-15-17-9-5-2-6-10-17/h1-12,22H,13-15H2,(H,28,29)(H,30,32)/t22-/m1/s1. The van der Waals surface area contributed by atoms with Crippen molar-refractivity contribution in [1.29, 1.82) is 0 Å². The van der Waals surface area contributed by atoms with Gasteiger partial charge >= 0.3 is 12.1 Å². The third-order valence-corrected chi connectivity index (χ3v) is 5.71. The lowest BCUT2D eigenvalue weighted by Crippen LogP contribution is -2.43. The summed E-state index contributed by atoms with van der Waals surface area (Å²) in [6.07, 6.45) is -0.689. The monoisotopic (exact) mass is 497 g/mol. The Balaban J connectivity index is 1.46. The Morgan fingerprint density at radius 3 is 2.12 bits per heavy atom. The van der Waals surface area contributed by atoms with E-state index in [-0.39, 0.29) is 19.6 Å². The fourth-order valence-corrected chi connectivity index (χ4v) is 3.60. The molecule has 4 aromatic rings. The number of aromatic nitrogens is 2. The zero-order valence-corrected chi connectivity index (χ0v) is 19.5. The summed E-state index contributed by atoms with van der Waals surface area (Å²) >= 11 is 12.2. The van der Waals surface area contributed by atoms with Crippen LogP contribution in [0.15, 0.2) is 72.8 Å². The highest BCUT2D eigenvalue weighted by Gasteiger charge is 2.25. The van der Waals surface area contributed by atoms with Crippen molar-refractivity contribution in [3.63, 3.8) is 0 Å². The maximum atomic E-state index is 12.9.